The summed E-state index contributed by atoms with van der Waals surface area (Å²) in [5.74, 6) is 2.61. The number of hydrogen-bond donors (Lipinski definition) is 0. The summed E-state index contributed by atoms with van der Waals surface area (Å²) in [4.78, 5) is 14.8. The maximum Gasteiger partial charge on any atom is 0.231 e. The summed E-state index contributed by atoms with van der Waals surface area (Å²) in [6.07, 6.45) is 4.31. The van der Waals surface area contributed by atoms with Crippen molar-refractivity contribution in [1.29, 1.82) is 0 Å². The number of hydrogen-bond acceptors (Lipinski definition) is 6. The zero-order chi connectivity index (χ0) is 12.5. The Morgan fingerprint density at radius 2 is 2.39 bits per heavy atom. The fourth-order valence-corrected chi connectivity index (χ4v) is 2.64. The number of anilines is 1. The highest BCUT2D eigenvalue weighted by Gasteiger charge is 2.29. The first kappa shape index (κ1) is 11.6. The minimum Gasteiger partial charge on any atom is -0.355 e. The summed E-state index contributed by atoms with van der Waals surface area (Å²) in [5, 5.41) is 3.84. The molecule has 1 unspecified atom stereocenters. The van der Waals surface area contributed by atoms with Gasteiger partial charge in [-0.3, -0.25) is 0 Å². The molecule has 6 nitrogen and oxygen atoms in total. The Kier molecular flexibility index (Phi) is 2.99. The molecule has 18 heavy (non-hydrogen) atoms. The quantitative estimate of drug-likeness (QED) is 0.844. The molecule has 2 aromatic rings. The molecule has 94 valence electrons. The van der Waals surface area contributed by atoms with Crippen LogP contribution in [-0.4, -0.2) is 33.2 Å². The van der Waals surface area contributed by atoms with Gasteiger partial charge in [-0.25, -0.2) is 9.97 Å². The molecule has 0 spiro atoms. The summed E-state index contributed by atoms with van der Waals surface area (Å²) in [7, 11) is 0. The van der Waals surface area contributed by atoms with Crippen LogP contribution >= 0.6 is 15.9 Å². The lowest BCUT2D eigenvalue weighted by atomic mass is 10.1. The van der Waals surface area contributed by atoms with Crippen LogP contribution in [0.2, 0.25) is 0 Å². The van der Waals surface area contributed by atoms with Gasteiger partial charge in [-0.1, -0.05) is 5.16 Å². The van der Waals surface area contributed by atoms with Crippen LogP contribution in [0.25, 0.3) is 0 Å². The predicted molar refractivity (Wildman–Crippen MR) is 68.3 cm³/mol. The summed E-state index contributed by atoms with van der Waals surface area (Å²) in [6, 6.07) is 0. The molecule has 7 heteroatoms. The number of aromatic nitrogens is 4. The van der Waals surface area contributed by atoms with E-state index in [-0.39, 0.29) is 5.92 Å². The molecule has 0 aromatic carbocycles. The van der Waals surface area contributed by atoms with E-state index in [4.69, 9.17) is 4.52 Å². The van der Waals surface area contributed by atoms with E-state index in [1.165, 1.54) is 0 Å². The molecule has 0 bridgehead atoms. The van der Waals surface area contributed by atoms with Gasteiger partial charge in [0.2, 0.25) is 5.89 Å². The van der Waals surface area contributed by atoms with Crippen LogP contribution in [0.5, 0.6) is 0 Å². The highest BCUT2D eigenvalue weighted by molar-refractivity contribution is 9.10. The standard InChI is InChI=1S/C11H12BrN5O/c1-7-15-11(18-16-7)8-2-3-17(5-8)10-9(12)4-13-6-14-10/h4,6,8H,2-3,5H2,1H3. The van der Waals surface area contributed by atoms with Crippen molar-refractivity contribution in [3.8, 4) is 0 Å². The van der Waals surface area contributed by atoms with E-state index in [9.17, 15) is 0 Å². The normalized spacial score (nSPS) is 19.4. The maximum atomic E-state index is 5.23. The smallest absolute Gasteiger partial charge is 0.231 e. The van der Waals surface area contributed by atoms with Crippen molar-refractivity contribution in [3.63, 3.8) is 0 Å². The predicted octanol–water partition coefficient (Wildman–Crippen LogP) is 1.92. The number of halogens is 1. The van der Waals surface area contributed by atoms with Crippen molar-refractivity contribution < 1.29 is 4.52 Å². The first-order chi connectivity index (χ1) is 8.74. The van der Waals surface area contributed by atoms with Gasteiger partial charge < -0.3 is 9.42 Å². The van der Waals surface area contributed by atoms with Crippen LogP contribution in [0.3, 0.4) is 0 Å². The van der Waals surface area contributed by atoms with Crippen molar-refractivity contribution in [2.45, 2.75) is 19.3 Å². The highest BCUT2D eigenvalue weighted by atomic mass is 79.9. The van der Waals surface area contributed by atoms with E-state index in [1.54, 1.807) is 12.5 Å². The molecule has 1 atom stereocenters. The molecule has 0 aliphatic carbocycles. The maximum absolute atomic E-state index is 5.23. The van der Waals surface area contributed by atoms with Crippen LogP contribution in [0, 0.1) is 6.92 Å². The lowest BCUT2D eigenvalue weighted by molar-refractivity contribution is 0.356. The van der Waals surface area contributed by atoms with Gasteiger partial charge in [0, 0.05) is 19.3 Å². The van der Waals surface area contributed by atoms with Crippen molar-refractivity contribution in [3.05, 3.63) is 28.7 Å². The highest BCUT2D eigenvalue weighted by Crippen LogP contribution is 2.31. The third-order valence-corrected chi connectivity index (χ3v) is 3.59. The summed E-state index contributed by atoms with van der Waals surface area (Å²) < 4.78 is 6.14. The van der Waals surface area contributed by atoms with Gasteiger partial charge >= 0.3 is 0 Å². The monoisotopic (exact) mass is 309 g/mol. The molecule has 0 radical (unpaired) electrons. The first-order valence-corrected chi connectivity index (χ1v) is 6.54. The molecule has 0 amide bonds. The zero-order valence-electron chi connectivity index (χ0n) is 9.88. The van der Waals surface area contributed by atoms with Gasteiger partial charge in [-0.15, -0.1) is 0 Å². The Morgan fingerprint density at radius 1 is 1.50 bits per heavy atom. The topological polar surface area (TPSA) is 67.9 Å². The van der Waals surface area contributed by atoms with Crippen molar-refractivity contribution in [2.24, 2.45) is 0 Å². The Hall–Kier alpha value is -1.50. The van der Waals surface area contributed by atoms with Gasteiger partial charge in [-0.2, -0.15) is 4.98 Å². The Morgan fingerprint density at radius 3 is 3.11 bits per heavy atom. The molecular formula is C11H12BrN5O. The molecule has 1 aliphatic heterocycles. The van der Waals surface area contributed by atoms with Gasteiger partial charge in [0.25, 0.3) is 0 Å². The van der Waals surface area contributed by atoms with Crippen LogP contribution < -0.4 is 4.90 Å². The summed E-state index contributed by atoms with van der Waals surface area (Å²) in [5.41, 5.74) is 0. The average Bonchev–Trinajstić information content (AvgIpc) is 2.98. The van der Waals surface area contributed by atoms with Gasteiger partial charge in [0.15, 0.2) is 5.82 Å². The molecule has 0 N–H and O–H groups in total. The third kappa shape index (κ3) is 2.10. The van der Waals surface area contributed by atoms with Crippen molar-refractivity contribution in [2.75, 3.05) is 18.0 Å². The van der Waals surface area contributed by atoms with Gasteiger partial charge in [-0.05, 0) is 29.3 Å². The lowest BCUT2D eigenvalue weighted by Gasteiger charge is -2.17. The molecule has 0 saturated carbocycles. The van der Waals surface area contributed by atoms with Crippen molar-refractivity contribution >= 4 is 21.7 Å². The van der Waals surface area contributed by atoms with E-state index >= 15 is 0 Å². The van der Waals surface area contributed by atoms with Crippen molar-refractivity contribution in [1.82, 2.24) is 20.1 Å². The fraction of sp³-hybridized carbons (Fsp3) is 0.455. The Balaban J connectivity index is 1.78. The average molecular weight is 310 g/mol. The van der Waals surface area contributed by atoms with E-state index in [0.29, 0.717) is 5.82 Å². The van der Waals surface area contributed by atoms with E-state index < -0.39 is 0 Å². The second-order valence-corrected chi connectivity index (χ2v) is 5.16. The summed E-state index contributed by atoms with van der Waals surface area (Å²) >= 11 is 3.47. The van der Waals surface area contributed by atoms with E-state index in [2.05, 4.69) is 40.9 Å². The second kappa shape index (κ2) is 4.64. The fourth-order valence-electron chi connectivity index (χ4n) is 2.17. The van der Waals surface area contributed by atoms with Crippen LogP contribution in [-0.2, 0) is 0 Å². The molecule has 1 aliphatic rings. The van der Waals surface area contributed by atoms with Gasteiger partial charge in [0.05, 0.1) is 10.4 Å². The number of rotatable bonds is 2. The summed E-state index contributed by atoms with van der Waals surface area (Å²) in [6.45, 7) is 3.61. The minimum absolute atomic E-state index is 0.285. The molecule has 1 saturated heterocycles. The van der Waals surface area contributed by atoms with Gasteiger partial charge in [0.1, 0.15) is 12.1 Å². The first-order valence-electron chi connectivity index (χ1n) is 5.74. The van der Waals surface area contributed by atoms with Crippen LogP contribution in [0.1, 0.15) is 24.1 Å². The lowest BCUT2D eigenvalue weighted by Crippen LogP contribution is -2.21. The molecule has 1 fully saturated rings. The number of nitrogens with zero attached hydrogens (tertiary/aromatic N) is 5. The molecule has 3 heterocycles. The SMILES string of the molecule is Cc1noc(C2CCN(c3ncncc3Br)C2)n1. The molecule has 3 rings (SSSR count). The number of aryl methyl sites for hydroxylation is 1. The molecule has 2 aromatic heterocycles. The molecular weight excluding hydrogens is 298 g/mol. The van der Waals surface area contributed by atoms with E-state index in [0.717, 1.165) is 35.7 Å². The Labute approximate surface area is 113 Å². The van der Waals surface area contributed by atoms with Crippen LogP contribution in [0.15, 0.2) is 21.5 Å². The second-order valence-electron chi connectivity index (χ2n) is 4.31. The minimum atomic E-state index is 0.285. The largest absolute Gasteiger partial charge is 0.355 e. The van der Waals surface area contributed by atoms with E-state index in [1.807, 2.05) is 6.92 Å². The Bertz CT molecular complexity index is 558. The zero-order valence-corrected chi connectivity index (χ0v) is 11.5. The van der Waals surface area contributed by atoms with Crippen LogP contribution in [0.4, 0.5) is 5.82 Å². The third-order valence-electron chi connectivity index (χ3n) is 3.03.